The van der Waals surface area contributed by atoms with E-state index in [1.54, 1.807) is 35.1 Å². The van der Waals surface area contributed by atoms with Crippen molar-refractivity contribution in [3.8, 4) is 0 Å². The van der Waals surface area contributed by atoms with Crippen molar-refractivity contribution in [1.29, 1.82) is 0 Å². The third-order valence-electron chi connectivity index (χ3n) is 4.33. The van der Waals surface area contributed by atoms with Gasteiger partial charge in [0.05, 0.1) is 23.5 Å². The summed E-state index contributed by atoms with van der Waals surface area (Å²) >= 11 is 0. The summed E-state index contributed by atoms with van der Waals surface area (Å²) in [6.07, 6.45) is 3.59. The fourth-order valence-corrected chi connectivity index (χ4v) is 3.01. The summed E-state index contributed by atoms with van der Waals surface area (Å²) in [6, 6.07) is 7.18. The topological polar surface area (TPSA) is 101 Å². The standard InChI is InChI=1S/C19H26N6O2.ClH/c1-19(2,3)22-17(26)14-6-4-5-7-15(14)21-18(27)16-12-25(24-23-16)13-8-10-20-11-9-13;/h4-7,12-13,20H,8-11H2,1-3H3,(H,21,27)(H,22,26);1H. The van der Waals surface area contributed by atoms with Gasteiger partial charge in [0.25, 0.3) is 11.8 Å². The Bertz CT molecular complexity index is 824. The fraction of sp³-hybridized carbons (Fsp3) is 0.474. The first kappa shape index (κ1) is 21.8. The minimum atomic E-state index is -0.383. The smallest absolute Gasteiger partial charge is 0.277 e. The third-order valence-corrected chi connectivity index (χ3v) is 4.33. The van der Waals surface area contributed by atoms with Crippen LogP contribution in [0.3, 0.4) is 0 Å². The molecule has 0 bridgehead atoms. The normalized spacial score (nSPS) is 14.8. The number of nitrogens with zero attached hydrogens (tertiary/aromatic N) is 3. The third kappa shape index (κ3) is 5.53. The molecule has 1 aromatic carbocycles. The van der Waals surface area contributed by atoms with Gasteiger partial charge in [-0.3, -0.25) is 9.59 Å². The van der Waals surface area contributed by atoms with E-state index in [0.29, 0.717) is 11.3 Å². The maximum atomic E-state index is 12.6. The van der Waals surface area contributed by atoms with Crippen LogP contribution in [0, 0.1) is 0 Å². The van der Waals surface area contributed by atoms with Gasteiger partial charge in [0, 0.05) is 5.54 Å². The number of carbonyl (C=O) groups is 2. The van der Waals surface area contributed by atoms with Crippen molar-refractivity contribution in [2.45, 2.75) is 45.2 Å². The average Bonchev–Trinajstić information content (AvgIpc) is 3.12. The Morgan fingerprint density at radius 1 is 1.14 bits per heavy atom. The number of halogens is 1. The van der Waals surface area contributed by atoms with Crippen molar-refractivity contribution in [2.75, 3.05) is 18.4 Å². The predicted octanol–water partition coefficient (Wildman–Crippen LogP) is 2.41. The monoisotopic (exact) mass is 406 g/mol. The highest BCUT2D eigenvalue weighted by atomic mass is 35.5. The molecule has 152 valence electrons. The zero-order chi connectivity index (χ0) is 19.4. The van der Waals surface area contributed by atoms with Crippen LogP contribution in [-0.4, -0.2) is 45.4 Å². The van der Waals surface area contributed by atoms with E-state index >= 15 is 0 Å². The summed E-state index contributed by atoms with van der Waals surface area (Å²) in [5, 5.41) is 17.1. The van der Waals surface area contributed by atoms with Crippen molar-refractivity contribution >= 4 is 29.9 Å². The molecule has 2 amide bonds. The molecule has 0 saturated carbocycles. The summed E-state index contributed by atoms with van der Waals surface area (Å²) in [4.78, 5) is 25.1. The lowest BCUT2D eigenvalue weighted by atomic mass is 10.1. The minimum Gasteiger partial charge on any atom is -0.347 e. The molecular formula is C19H27ClN6O2. The van der Waals surface area contributed by atoms with Crippen molar-refractivity contribution in [3.05, 3.63) is 41.7 Å². The zero-order valence-corrected chi connectivity index (χ0v) is 17.2. The Morgan fingerprint density at radius 2 is 1.82 bits per heavy atom. The largest absolute Gasteiger partial charge is 0.347 e. The van der Waals surface area contributed by atoms with Gasteiger partial charge in [0.15, 0.2) is 5.69 Å². The SMILES string of the molecule is CC(C)(C)NC(=O)c1ccccc1NC(=O)c1cn(C2CCNCC2)nn1.Cl. The maximum absolute atomic E-state index is 12.6. The molecule has 9 heteroatoms. The number of piperidine rings is 1. The Kier molecular flexibility index (Phi) is 7.15. The number of hydrogen-bond donors (Lipinski definition) is 3. The van der Waals surface area contributed by atoms with E-state index < -0.39 is 0 Å². The highest BCUT2D eigenvalue weighted by Crippen LogP contribution is 2.19. The lowest BCUT2D eigenvalue weighted by Crippen LogP contribution is -2.40. The van der Waals surface area contributed by atoms with Crippen LogP contribution < -0.4 is 16.0 Å². The highest BCUT2D eigenvalue weighted by Gasteiger charge is 2.21. The van der Waals surface area contributed by atoms with Crippen LogP contribution in [0.25, 0.3) is 0 Å². The summed E-state index contributed by atoms with van der Waals surface area (Å²) in [5.41, 5.74) is 0.720. The Labute approximate surface area is 170 Å². The Balaban J connectivity index is 0.00000280. The molecule has 0 aliphatic carbocycles. The molecule has 1 fully saturated rings. The van der Waals surface area contributed by atoms with E-state index in [2.05, 4.69) is 26.3 Å². The van der Waals surface area contributed by atoms with Crippen LogP contribution in [0.4, 0.5) is 5.69 Å². The first-order valence-corrected chi connectivity index (χ1v) is 9.19. The van der Waals surface area contributed by atoms with E-state index in [1.165, 1.54) is 0 Å². The summed E-state index contributed by atoms with van der Waals surface area (Å²) < 4.78 is 1.76. The van der Waals surface area contributed by atoms with Crippen LogP contribution in [0.1, 0.15) is 60.5 Å². The summed E-state index contributed by atoms with van der Waals surface area (Å²) in [7, 11) is 0. The molecule has 0 unspecified atom stereocenters. The molecule has 1 aliphatic heterocycles. The molecule has 28 heavy (non-hydrogen) atoms. The lowest BCUT2D eigenvalue weighted by Gasteiger charge is -2.22. The van der Waals surface area contributed by atoms with E-state index in [4.69, 9.17) is 0 Å². The number of amides is 2. The second-order valence-electron chi connectivity index (χ2n) is 7.77. The van der Waals surface area contributed by atoms with Crippen molar-refractivity contribution in [2.24, 2.45) is 0 Å². The van der Waals surface area contributed by atoms with Gasteiger partial charge in [0.1, 0.15) is 0 Å². The minimum absolute atomic E-state index is 0. The molecule has 3 N–H and O–H groups in total. The molecule has 1 aromatic heterocycles. The number of anilines is 1. The van der Waals surface area contributed by atoms with Crippen LogP contribution in [-0.2, 0) is 0 Å². The molecule has 1 aliphatic rings. The number of rotatable bonds is 4. The van der Waals surface area contributed by atoms with Crippen molar-refractivity contribution in [3.63, 3.8) is 0 Å². The van der Waals surface area contributed by atoms with Gasteiger partial charge in [-0.05, 0) is 58.8 Å². The first-order valence-electron chi connectivity index (χ1n) is 9.19. The molecule has 3 rings (SSSR count). The van der Waals surface area contributed by atoms with Gasteiger partial charge in [-0.2, -0.15) is 0 Å². The Morgan fingerprint density at radius 3 is 2.50 bits per heavy atom. The number of hydrogen-bond acceptors (Lipinski definition) is 5. The van der Waals surface area contributed by atoms with Gasteiger partial charge in [-0.1, -0.05) is 17.3 Å². The van der Waals surface area contributed by atoms with Crippen LogP contribution >= 0.6 is 12.4 Å². The lowest BCUT2D eigenvalue weighted by molar-refractivity contribution is 0.0920. The summed E-state index contributed by atoms with van der Waals surface area (Å²) in [6.45, 7) is 7.59. The fourth-order valence-electron chi connectivity index (χ4n) is 3.01. The second-order valence-corrected chi connectivity index (χ2v) is 7.77. The van der Waals surface area contributed by atoms with E-state index in [-0.39, 0.29) is 41.5 Å². The molecule has 1 saturated heterocycles. The van der Waals surface area contributed by atoms with E-state index in [0.717, 1.165) is 25.9 Å². The first-order chi connectivity index (χ1) is 12.8. The van der Waals surface area contributed by atoms with Gasteiger partial charge >= 0.3 is 0 Å². The van der Waals surface area contributed by atoms with Crippen LogP contribution in [0.15, 0.2) is 30.5 Å². The number of aromatic nitrogens is 3. The van der Waals surface area contributed by atoms with Crippen molar-refractivity contribution < 1.29 is 9.59 Å². The maximum Gasteiger partial charge on any atom is 0.277 e. The summed E-state index contributed by atoms with van der Waals surface area (Å²) in [5.74, 6) is -0.622. The molecule has 0 radical (unpaired) electrons. The number of carbonyl (C=O) groups excluding carboxylic acids is 2. The number of benzene rings is 1. The average molecular weight is 407 g/mol. The zero-order valence-electron chi connectivity index (χ0n) is 16.4. The second kappa shape index (κ2) is 9.16. The molecule has 2 aromatic rings. The molecule has 0 spiro atoms. The Hall–Kier alpha value is -2.45. The van der Waals surface area contributed by atoms with Gasteiger partial charge < -0.3 is 16.0 Å². The van der Waals surface area contributed by atoms with E-state index in [1.807, 2.05) is 20.8 Å². The highest BCUT2D eigenvalue weighted by molar-refractivity contribution is 6.08. The van der Waals surface area contributed by atoms with Gasteiger partial charge in [0.2, 0.25) is 0 Å². The van der Waals surface area contributed by atoms with Gasteiger partial charge in [-0.25, -0.2) is 4.68 Å². The number of nitrogens with one attached hydrogen (secondary N) is 3. The van der Waals surface area contributed by atoms with E-state index in [9.17, 15) is 9.59 Å². The molecule has 8 nitrogen and oxygen atoms in total. The predicted molar refractivity (Wildman–Crippen MR) is 110 cm³/mol. The molecule has 2 heterocycles. The van der Waals surface area contributed by atoms with Gasteiger partial charge in [-0.15, -0.1) is 17.5 Å². The molecular weight excluding hydrogens is 380 g/mol. The quantitative estimate of drug-likeness (QED) is 0.723. The number of para-hydroxylation sites is 1. The van der Waals surface area contributed by atoms with Crippen LogP contribution in [0.5, 0.6) is 0 Å². The van der Waals surface area contributed by atoms with Crippen LogP contribution in [0.2, 0.25) is 0 Å². The van der Waals surface area contributed by atoms with Crippen molar-refractivity contribution in [1.82, 2.24) is 25.6 Å². The molecule has 0 atom stereocenters.